The molecule has 1 aliphatic rings. The fourth-order valence-corrected chi connectivity index (χ4v) is 3.33. The number of nitro benzene ring substituents is 1. The number of nitro groups is 1. The molecule has 104 valence electrons. The van der Waals surface area contributed by atoms with Crippen molar-refractivity contribution < 1.29 is 4.92 Å². The summed E-state index contributed by atoms with van der Waals surface area (Å²) < 4.78 is 0. The summed E-state index contributed by atoms with van der Waals surface area (Å²) in [6.07, 6.45) is 7.05. The van der Waals surface area contributed by atoms with Crippen molar-refractivity contribution in [3.8, 4) is 0 Å². The molecule has 5 heteroatoms. The van der Waals surface area contributed by atoms with Gasteiger partial charge in [-0.05, 0) is 50.5 Å². The minimum Gasteiger partial charge on any atom is -0.382 e. The highest BCUT2D eigenvalue weighted by molar-refractivity contribution is 7.99. The molecule has 0 radical (unpaired) electrons. The number of non-ortho nitro benzene ring substituents is 1. The standard InChI is InChI=1S/C14H20N2O2S/c1-10-9-12(16(17)18)5-8-14(10)15-11-3-6-13(19-2)7-4-11/h5,8-9,11,13,15H,3-4,6-7H2,1-2H3. The first-order valence-corrected chi connectivity index (χ1v) is 7.93. The summed E-state index contributed by atoms with van der Waals surface area (Å²) in [4.78, 5) is 10.4. The number of anilines is 1. The quantitative estimate of drug-likeness (QED) is 0.669. The molecule has 4 nitrogen and oxygen atoms in total. The zero-order valence-corrected chi connectivity index (χ0v) is 12.2. The molecule has 1 saturated carbocycles. The van der Waals surface area contributed by atoms with E-state index in [1.165, 1.54) is 25.7 Å². The maximum Gasteiger partial charge on any atom is 0.269 e. The van der Waals surface area contributed by atoms with Gasteiger partial charge in [-0.15, -0.1) is 0 Å². The molecule has 19 heavy (non-hydrogen) atoms. The van der Waals surface area contributed by atoms with Gasteiger partial charge in [0.05, 0.1) is 4.92 Å². The molecule has 1 fully saturated rings. The Kier molecular flexibility index (Phi) is 4.69. The van der Waals surface area contributed by atoms with Crippen molar-refractivity contribution in [2.24, 2.45) is 0 Å². The smallest absolute Gasteiger partial charge is 0.269 e. The van der Waals surface area contributed by atoms with Crippen LogP contribution in [-0.4, -0.2) is 22.5 Å². The van der Waals surface area contributed by atoms with E-state index < -0.39 is 0 Å². The first kappa shape index (κ1) is 14.2. The SMILES string of the molecule is CSC1CCC(Nc2ccc([N+](=O)[O-])cc2C)CC1. The molecule has 1 aromatic rings. The zero-order valence-electron chi connectivity index (χ0n) is 11.4. The molecular weight excluding hydrogens is 260 g/mol. The fraction of sp³-hybridized carbons (Fsp3) is 0.571. The van der Waals surface area contributed by atoms with E-state index in [0.717, 1.165) is 16.5 Å². The number of hydrogen-bond acceptors (Lipinski definition) is 4. The second-order valence-corrected chi connectivity index (χ2v) is 6.25. The predicted molar refractivity (Wildman–Crippen MR) is 81.0 cm³/mol. The van der Waals surface area contributed by atoms with Gasteiger partial charge in [0, 0.05) is 29.1 Å². The van der Waals surface area contributed by atoms with Crippen molar-refractivity contribution in [1.82, 2.24) is 0 Å². The van der Waals surface area contributed by atoms with Crippen molar-refractivity contribution >= 4 is 23.1 Å². The highest BCUT2D eigenvalue weighted by Gasteiger charge is 2.20. The summed E-state index contributed by atoms with van der Waals surface area (Å²) in [5.41, 5.74) is 2.13. The lowest BCUT2D eigenvalue weighted by Gasteiger charge is -2.29. The molecule has 0 aromatic heterocycles. The Labute approximate surface area is 118 Å². The maximum absolute atomic E-state index is 10.7. The number of nitrogens with one attached hydrogen (secondary N) is 1. The fourth-order valence-electron chi connectivity index (χ4n) is 2.59. The second-order valence-electron chi connectivity index (χ2n) is 5.11. The summed E-state index contributed by atoms with van der Waals surface area (Å²) in [6, 6.07) is 5.54. The number of rotatable bonds is 4. The van der Waals surface area contributed by atoms with Gasteiger partial charge in [0.2, 0.25) is 0 Å². The molecular formula is C14H20N2O2S. The third-order valence-corrected chi connectivity index (χ3v) is 4.93. The van der Waals surface area contributed by atoms with Crippen molar-refractivity contribution in [2.75, 3.05) is 11.6 Å². The topological polar surface area (TPSA) is 55.2 Å². The van der Waals surface area contributed by atoms with Crippen LogP contribution in [0.2, 0.25) is 0 Å². The van der Waals surface area contributed by atoms with Gasteiger partial charge in [-0.25, -0.2) is 0 Å². The normalized spacial score (nSPS) is 23.1. The highest BCUT2D eigenvalue weighted by Crippen LogP contribution is 2.30. The monoisotopic (exact) mass is 280 g/mol. The third kappa shape index (κ3) is 3.62. The number of hydrogen-bond donors (Lipinski definition) is 1. The summed E-state index contributed by atoms with van der Waals surface area (Å²) in [5.74, 6) is 0. The van der Waals surface area contributed by atoms with Crippen LogP contribution in [0.4, 0.5) is 11.4 Å². The van der Waals surface area contributed by atoms with E-state index in [9.17, 15) is 10.1 Å². The molecule has 0 saturated heterocycles. The lowest BCUT2D eigenvalue weighted by molar-refractivity contribution is -0.384. The number of thioether (sulfide) groups is 1. The Bertz CT molecular complexity index is 457. The second kappa shape index (κ2) is 6.28. The van der Waals surface area contributed by atoms with E-state index in [2.05, 4.69) is 11.6 Å². The Hall–Kier alpha value is -1.23. The van der Waals surface area contributed by atoms with Crippen LogP contribution in [0.1, 0.15) is 31.2 Å². The largest absolute Gasteiger partial charge is 0.382 e. The molecule has 1 aromatic carbocycles. The van der Waals surface area contributed by atoms with Gasteiger partial charge in [-0.1, -0.05) is 0 Å². The molecule has 2 rings (SSSR count). The molecule has 0 aliphatic heterocycles. The van der Waals surface area contributed by atoms with E-state index in [1.807, 2.05) is 24.8 Å². The lowest BCUT2D eigenvalue weighted by atomic mass is 9.94. The summed E-state index contributed by atoms with van der Waals surface area (Å²) in [7, 11) is 0. The number of aryl methyl sites for hydroxylation is 1. The van der Waals surface area contributed by atoms with Gasteiger partial charge in [-0.2, -0.15) is 11.8 Å². The molecule has 0 bridgehead atoms. The van der Waals surface area contributed by atoms with Crippen LogP contribution in [0.3, 0.4) is 0 Å². The third-order valence-electron chi connectivity index (χ3n) is 3.79. The summed E-state index contributed by atoms with van der Waals surface area (Å²) in [6.45, 7) is 1.92. The average molecular weight is 280 g/mol. The van der Waals surface area contributed by atoms with Crippen LogP contribution >= 0.6 is 11.8 Å². The molecule has 0 atom stereocenters. The van der Waals surface area contributed by atoms with Crippen molar-refractivity contribution in [3.63, 3.8) is 0 Å². The van der Waals surface area contributed by atoms with E-state index in [0.29, 0.717) is 6.04 Å². The molecule has 1 aliphatic carbocycles. The van der Waals surface area contributed by atoms with Crippen LogP contribution < -0.4 is 5.32 Å². The van der Waals surface area contributed by atoms with Crippen LogP contribution in [0, 0.1) is 17.0 Å². The van der Waals surface area contributed by atoms with Gasteiger partial charge in [-0.3, -0.25) is 10.1 Å². The predicted octanol–water partition coefficient (Wildman–Crippen LogP) is 3.99. The first-order valence-electron chi connectivity index (χ1n) is 6.64. The Morgan fingerprint density at radius 3 is 2.53 bits per heavy atom. The van der Waals surface area contributed by atoms with Gasteiger partial charge >= 0.3 is 0 Å². The molecule has 0 amide bonds. The average Bonchev–Trinajstić information content (AvgIpc) is 2.41. The van der Waals surface area contributed by atoms with Crippen molar-refractivity contribution in [1.29, 1.82) is 0 Å². The molecule has 0 unspecified atom stereocenters. The molecule has 1 N–H and O–H groups in total. The minimum atomic E-state index is -0.347. The van der Waals surface area contributed by atoms with Gasteiger partial charge in [0.15, 0.2) is 0 Å². The van der Waals surface area contributed by atoms with Crippen molar-refractivity contribution in [3.05, 3.63) is 33.9 Å². The van der Waals surface area contributed by atoms with Crippen LogP contribution in [0.5, 0.6) is 0 Å². The van der Waals surface area contributed by atoms with Gasteiger partial charge in [0.1, 0.15) is 0 Å². The van der Waals surface area contributed by atoms with Gasteiger partial charge < -0.3 is 5.32 Å². The van der Waals surface area contributed by atoms with E-state index in [4.69, 9.17) is 0 Å². The molecule has 0 spiro atoms. The maximum atomic E-state index is 10.7. The van der Waals surface area contributed by atoms with E-state index in [-0.39, 0.29) is 10.6 Å². The van der Waals surface area contributed by atoms with Crippen LogP contribution in [-0.2, 0) is 0 Å². The van der Waals surface area contributed by atoms with Gasteiger partial charge in [0.25, 0.3) is 5.69 Å². The molecule has 0 heterocycles. The Balaban J connectivity index is 1.98. The lowest BCUT2D eigenvalue weighted by Crippen LogP contribution is -2.27. The summed E-state index contributed by atoms with van der Waals surface area (Å²) in [5, 5.41) is 15.0. The van der Waals surface area contributed by atoms with Crippen LogP contribution in [0.15, 0.2) is 18.2 Å². The summed E-state index contributed by atoms with van der Waals surface area (Å²) >= 11 is 1.96. The number of nitrogens with zero attached hydrogens (tertiary/aromatic N) is 1. The highest BCUT2D eigenvalue weighted by atomic mass is 32.2. The zero-order chi connectivity index (χ0) is 13.8. The Morgan fingerprint density at radius 1 is 1.32 bits per heavy atom. The van der Waals surface area contributed by atoms with E-state index in [1.54, 1.807) is 12.1 Å². The Morgan fingerprint density at radius 2 is 2.00 bits per heavy atom. The first-order chi connectivity index (χ1) is 9.10. The van der Waals surface area contributed by atoms with Crippen molar-refractivity contribution in [2.45, 2.75) is 43.9 Å². The van der Waals surface area contributed by atoms with E-state index >= 15 is 0 Å². The number of benzene rings is 1. The minimum absolute atomic E-state index is 0.161. The van der Waals surface area contributed by atoms with Crippen LogP contribution in [0.25, 0.3) is 0 Å².